The molecule has 2 N–H and O–H groups in total. The fraction of sp³-hybridized carbons (Fsp3) is 0.600. The van der Waals surface area contributed by atoms with Crippen molar-refractivity contribution in [2.45, 2.75) is 44.6 Å². The maximum atomic E-state index is 11.0. The van der Waals surface area contributed by atoms with Gasteiger partial charge in [0.05, 0.1) is 10.5 Å². The van der Waals surface area contributed by atoms with Crippen molar-refractivity contribution in [3.63, 3.8) is 0 Å². The minimum Gasteiger partial charge on any atom is -0.388 e. The molecule has 0 amide bonds. The number of nitro benzene ring substituents is 1. The average molecular weight is 313 g/mol. The highest BCUT2D eigenvalue weighted by Crippen LogP contribution is 2.35. The van der Waals surface area contributed by atoms with Crippen LogP contribution in [-0.2, 0) is 0 Å². The van der Waals surface area contributed by atoms with Crippen LogP contribution in [0.2, 0.25) is 5.02 Å². The van der Waals surface area contributed by atoms with Crippen LogP contribution >= 0.6 is 11.6 Å². The molecular formula is C15H21ClN2O3. The van der Waals surface area contributed by atoms with Gasteiger partial charge in [-0.05, 0) is 43.7 Å². The molecule has 0 bridgehead atoms. The molecule has 0 heterocycles. The lowest BCUT2D eigenvalue weighted by atomic mass is 9.78. The number of benzene rings is 1. The molecule has 2 rings (SSSR count). The lowest BCUT2D eigenvalue weighted by Gasteiger charge is -2.36. The molecule has 1 aromatic rings. The number of rotatable bonds is 5. The number of nitro groups is 1. The van der Waals surface area contributed by atoms with E-state index in [0.717, 1.165) is 32.1 Å². The van der Waals surface area contributed by atoms with E-state index in [9.17, 15) is 15.2 Å². The lowest BCUT2D eigenvalue weighted by molar-refractivity contribution is -0.384. The van der Waals surface area contributed by atoms with E-state index in [2.05, 4.69) is 12.2 Å². The monoisotopic (exact) mass is 312 g/mol. The first-order valence-electron chi connectivity index (χ1n) is 7.34. The minimum atomic E-state index is -0.790. The van der Waals surface area contributed by atoms with Gasteiger partial charge in [0.1, 0.15) is 5.69 Å². The average Bonchev–Trinajstić information content (AvgIpc) is 2.46. The molecular weight excluding hydrogens is 292 g/mol. The largest absolute Gasteiger partial charge is 0.388 e. The van der Waals surface area contributed by atoms with Gasteiger partial charge in [-0.15, -0.1) is 0 Å². The van der Waals surface area contributed by atoms with E-state index in [4.69, 9.17) is 11.6 Å². The van der Waals surface area contributed by atoms with E-state index in [1.165, 1.54) is 18.2 Å². The van der Waals surface area contributed by atoms with E-state index >= 15 is 0 Å². The number of hydrogen-bond acceptors (Lipinski definition) is 4. The van der Waals surface area contributed by atoms with Crippen molar-refractivity contribution >= 4 is 23.0 Å². The number of hydrogen-bond donors (Lipinski definition) is 2. The van der Waals surface area contributed by atoms with Gasteiger partial charge in [0.15, 0.2) is 0 Å². The van der Waals surface area contributed by atoms with E-state index in [1.54, 1.807) is 0 Å². The summed E-state index contributed by atoms with van der Waals surface area (Å²) in [5.74, 6) is 0.686. The molecule has 1 fully saturated rings. The summed E-state index contributed by atoms with van der Waals surface area (Å²) < 4.78 is 0. The second kappa shape index (κ2) is 6.62. The quantitative estimate of drug-likeness (QED) is 0.636. The molecule has 116 valence electrons. The number of nitrogens with zero attached hydrogens (tertiary/aromatic N) is 1. The Balaban J connectivity index is 2.03. The van der Waals surface area contributed by atoms with Gasteiger partial charge in [-0.2, -0.15) is 0 Å². The highest BCUT2D eigenvalue weighted by Gasteiger charge is 2.32. The van der Waals surface area contributed by atoms with Crippen LogP contribution in [0.3, 0.4) is 0 Å². The maximum absolute atomic E-state index is 11.0. The molecule has 5 nitrogen and oxygen atoms in total. The van der Waals surface area contributed by atoms with Crippen LogP contribution in [-0.4, -0.2) is 22.2 Å². The van der Waals surface area contributed by atoms with Crippen LogP contribution in [0, 0.1) is 16.0 Å². The maximum Gasteiger partial charge on any atom is 0.292 e. The summed E-state index contributed by atoms with van der Waals surface area (Å²) in [5.41, 5.74) is -0.453. The van der Waals surface area contributed by atoms with Gasteiger partial charge in [-0.25, -0.2) is 0 Å². The Morgan fingerprint density at radius 3 is 2.71 bits per heavy atom. The highest BCUT2D eigenvalue weighted by molar-refractivity contribution is 6.31. The van der Waals surface area contributed by atoms with Crippen molar-refractivity contribution < 1.29 is 10.0 Å². The van der Waals surface area contributed by atoms with Gasteiger partial charge in [0, 0.05) is 17.6 Å². The molecule has 1 aliphatic carbocycles. The third kappa shape index (κ3) is 4.08. The first-order valence-corrected chi connectivity index (χ1v) is 7.71. The first-order chi connectivity index (χ1) is 9.93. The standard InChI is InChI=1S/C15H21ClN2O3/c1-2-11-5-7-15(19,8-6-11)10-17-13-9-12(16)3-4-14(13)18(20)21/h3-4,9,11,17,19H,2,5-8,10H2,1H3. The SMILES string of the molecule is CCC1CCC(O)(CNc2cc(Cl)ccc2[N+](=O)[O-])CC1. The Morgan fingerprint density at radius 2 is 2.14 bits per heavy atom. The van der Waals surface area contributed by atoms with Crippen molar-refractivity contribution in [2.24, 2.45) is 5.92 Å². The van der Waals surface area contributed by atoms with E-state index in [-0.39, 0.29) is 5.69 Å². The summed E-state index contributed by atoms with van der Waals surface area (Å²) in [5, 5.41) is 25.0. The predicted molar refractivity (Wildman–Crippen MR) is 83.8 cm³/mol. The van der Waals surface area contributed by atoms with Crippen molar-refractivity contribution in [2.75, 3.05) is 11.9 Å². The van der Waals surface area contributed by atoms with Crippen LogP contribution in [0.1, 0.15) is 39.0 Å². The fourth-order valence-electron chi connectivity index (χ4n) is 2.87. The molecule has 0 atom stereocenters. The predicted octanol–water partition coefficient (Wildman–Crippen LogP) is 3.99. The second-order valence-electron chi connectivity index (χ2n) is 5.85. The van der Waals surface area contributed by atoms with Crippen molar-refractivity contribution in [3.05, 3.63) is 33.3 Å². The molecule has 0 spiro atoms. The number of aliphatic hydroxyl groups is 1. The lowest BCUT2D eigenvalue weighted by Crippen LogP contribution is -2.40. The topological polar surface area (TPSA) is 75.4 Å². The Bertz CT molecular complexity index is 514. The zero-order chi connectivity index (χ0) is 15.5. The molecule has 1 saturated carbocycles. The summed E-state index contributed by atoms with van der Waals surface area (Å²) in [6.45, 7) is 2.48. The zero-order valence-corrected chi connectivity index (χ0v) is 12.9. The van der Waals surface area contributed by atoms with Crippen molar-refractivity contribution in [1.29, 1.82) is 0 Å². The first kappa shape index (κ1) is 16.0. The Labute approximate surface area is 129 Å². The van der Waals surface area contributed by atoms with E-state index in [1.807, 2.05) is 0 Å². The second-order valence-corrected chi connectivity index (χ2v) is 6.28. The van der Waals surface area contributed by atoms with Crippen molar-refractivity contribution in [1.82, 2.24) is 0 Å². The molecule has 0 unspecified atom stereocenters. The van der Waals surface area contributed by atoms with Crippen molar-refractivity contribution in [3.8, 4) is 0 Å². The molecule has 0 saturated heterocycles. The van der Waals surface area contributed by atoms with Crippen LogP contribution < -0.4 is 5.32 Å². The molecule has 21 heavy (non-hydrogen) atoms. The molecule has 1 aliphatic rings. The molecule has 6 heteroatoms. The third-order valence-corrected chi connectivity index (χ3v) is 4.61. The van der Waals surface area contributed by atoms with Gasteiger partial charge in [0.25, 0.3) is 5.69 Å². The number of nitrogens with one attached hydrogen (secondary N) is 1. The van der Waals surface area contributed by atoms with Crippen LogP contribution in [0.15, 0.2) is 18.2 Å². The summed E-state index contributed by atoms with van der Waals surface area (Å²) in [4.78, 5) is 10.6. The molecule has 0 radical (unpaired) electrons. The summed E-state index contributed by atoms with van der Waals surface area (Å²) >= 11 is 5.89. The van der Waals surface area contributed by atoms with Crippen LogP contribution in [0.4, 0.5) is 11.4 Å². The summed E-state index contributed by atoms with van der Waals surface area (Å²) in [6, 6.07) is 4.40. The minimum absolute atomic E-state index is 0.0229. The fourth-order valence-corrected chi connectivity index (χ4v) is 3.04. The molecule has 0 aromatic heterocycles. The third-order valence-electron chi connectivity index (χ3n) is 4.38. The van der Waals surface area contributed by atoms with Gasteiger partial charge in [0.2, 0.25) is 0 Å². The van der Waals surface area contributed by atoms with Gasteiger partial charge >= 0.3 is 0 Å². The smallest absolute Gasteiger partial charge is 0.292 e. The Kier molecular flexibility index (Phi) is 5.06. The van der Waals surface area contributed by atoms with Gasteiger partial charge in [-0.3, -0.25) is 10.1 Å². The van der Waals surface area contributed by atoms with Crippen LogP contribution in [0.5, 0.6) is 0 Å². The summed E-state index contributed by atoms with van der Waals surface area (Å²) in [7, 11) is 0. The van der Waals surface area contributed by atoms with E-state index in [0.29, 0.717) is 23.2 Å². The number of halogens is 1. The molecule has 1 aromatic carbocycles. The zero-order valence-electron chi connectivity index (χ0n) is 12.1. The molecule has 0 aliphatic heterocycles. The van der Waals surface area contributed by atoms with E-state index < -0.39 is 10.5 Å². The Morgan fingerprint density at radius 1 is 1.48 bits per heavy atom. The highest BCUT2D eigenvalue weighted by atomic mass is 35.5. The Hall–Kier alpha value is -1.33. The van der Waals surface area contributed by atoms with Crippen LogP contribution in [0.25, 0.3) is 0 Å². The normalized spacial score (nSPS) is 25.6. The number of anilines is 1. The summed E-state index contributed by atoms with van der Waals surface area (Å²) in [6.07, 6.45) is 4.61. The van der Waals surface area contributed by atoms with Gasteiger partial charge in [-0.1, -0.05) is 24.9 Å². The van der Waals surface area contributed by atoms with Gasteiger partial charge < -0.3 is 10.4 Å².